The Kier molecular flexibility index (Phi) is 4.69. The average molecular weight is 404 g/mol. The number of aromatic nitrogens is 1. The van der Waals surface area contributed by atoms with Crippen LogP contribution in [0.25, 0.3) is 10.4 Å². The lowest BCUT2D eigenvalue weighted by Crippen LogP contribution is -2.11. The Morgan fingerprint density at radius 3 is 2.38 bits per heavy atom. The average Bonchev–Trinajstić information content (AvgIpc) is 3.14. The first-order valence-electron chi connectivity index (χ1n) is 7.22. The monoisotopic (exact) mass is 403 g/mol. The molecule has 0 aliphatic rings. The molecule has 0 radical (unpaired) electrons. The smallest absolute Gasteiger partial charge is 0.309 e. The highest BCUT2D eigenvalue weighted by atomic mass is 79.9. The molecule has 0 saturated carbocycles. The van der Waals surface area contributed by atoms with E-state index >= 15 is 0 Å². The Labute approximate surface area is 151 Å². The van der Waals surface area contributed by atoms with Crippen LogP contribution < -0.4 is 0 Å². The van der Waals surface area contributed by atoms with Gasteiger partial charge in [-0.1, -0.05) is 24.3 Å². The van der Waals surface area contributed by atoms with E-state index in [0.717, 1.165) is 14.2 Å². The fourth-order valence-corrected chi connectivity index (χ4v) is 3.91. The molecule has 0 atom stereocenters. The van der Waals surface area contributed by atoms with Crippen LogP contribution in [-0.2, 0) is 18.3 Å². The molecule has 1 aromatic carbocycles. The first-order chi connectivity index (χ1) is 11.5. The molecule has 2 heterocycles. The van der Waals surface area contributed by atoms with E-state index < -0.39 is 5.97 Å². The van der Waals surface area contributed by atoms with Crippen LogP contribution >= 0.6 is 27.3 Å². The number of hydrogen-bond acceptors (Lipinski definition) is 3. The van der Waals surface area contributed by atoms with Gasteiger partial charge in [0, 0.05) is 23.2 Å². The molecular weight excluding hydrogens is 390 g/mol. The lowest BCUT2D eigenvalue weighted by Gasteiger charge is -2.06. The van der Waals surface area contributed by atoms with Gasteiger partial charge < -0.3 is 9.67 Å². The van der Waals surface area contributed by atoms with Gasteiger partial charge in [-0.25, -0.2) is 0 Å². The fourth-order valence-electron chi connectivity index (χ4n) is 2.52. The SMILES string of the molecule is Cn1c(CC(=O)O)ccc1C(=O)c1ccc(-c2ccc(Br)s2)cc1. The second kappa shape index (κ2) is 6.75. The number of aliphatic carboxylic acids is 1. The molecule has 0 unspecified atom stereocenters. The first-order valence-corrected chi connectivity index (χ1v) is 8.83. The largest absolute Gasteiger partial charge is 0.481 e. The minimum Gasteiger partial charge on any atom is -0.481 e. The molecule has 3 rings (SSSR count). The number of carbonyl (C=O) groups is 2. The predicted octanol–water partition coefficient (Wildman–Crippen LogP) is 4.37. The van der Waals surface area contributed by atoms with Gasteiger partial charge in [-0.2, -0.15) is 0 Å². The molecule has 0 fully saturated rings. The summed E-state index contributed by atoms with van der Waals surface area (Å²) in [5.41, 5.74) is 2.72. The highest BCUT2D eigenvalue weighted by Gasteiger charge is 2.16. The van der Waals surface area contributed by atoms with Crippen LogP contribution in [0.15, 0.2) is 52.3 Å². The van der Waals surface area contributed by atoms with Crippen LogP contribution in [0.3, 0.4) is 0 Å². The first kappa shape index (κ1) is 16.7. The fraction of sp³-hybridized carbons (Fsp3) is 0.111. The van der Waals surface area contributed by atoms with Gasteiger partial charge in [-0.05, 0) is 45.8 Å². The number of carbonyl (C=O) groups excluding carboxylic acids is 1. The molecule has 0 aliphatic carbocycles. The van der Waals surface area contributed by atoms with E-state index in [2.05, 4.69) is 15.9 Å². The van der Waals surface area contributed by atoms with Crippen molar-refractivity contribution in [3.05, 3.63) is 69.3 Å². The van der Waals surface area contributed by atoms with Crippen molar-refractivity contribution in [2.75, 3.05) is 0 Å². The highest BCUT2D eigenvalue weighted by molar-refractivity contribution is 9.11. The molecule has 0 spiro atoms. The van der Waals surface area contributed by atoms with E-state index in [1.807, 2.05) is 24.3 Å². The van der Waals surface area contributed by atoms with E-state index in [4.69, 9.17) is 5.11 Å². The van der Waals surface area contributed by atoms with Crippen molar-refractivity contribution in [3.8, 4) is 10.4 Å². The summed E-state index contributed by atoms with van der Waals surface area (Å²) in [4.78, 5) is 24.6. The standard InChI is InChI=1S/C18H14BrNO3S/c1-20-13(10-17(21)22)6-7-14(20)18(23)12-4-2-11(3-5-12)15-8-9-16(19)24-15/h2-9H,10H2,1H3,(H,21,22). The summed E-state index contributed by atoms with van der Waals surface area (Å²) in [7, 11) is 1.71. The van der Waals surface area contributed by atoms with Gasteiger partial charge in [0.1, 0.15) is 0 Å². The van der Waals surface area contributed by atoms with Crippen LogP contribution in [0.4, 0.5) is 0 Å². The van der Waals surface area contributed by atoms with Gasteiger partial charge >= 0.3 is 5.97 Å². The number of hydrogen-bond donors (Lipinski definition) is 1. The molecule has 1 N–H and O–H groups in total. The summed E-state index contributed by atoms with van der Waals surface area (Å²) >= 11 is 5.08. The number of ketones is 1. The lowest BCUT2D eigenvalue weighted by atomic mass is 10.1. The van der Waals surface area contributed by atoms with Crippen molar-refractivity contribution in [1.29, 1.82) is 0 Å². The molecule has 0 saturated heterocycles. The second-order valence-corrected chi connectivity index (χ2v) is 7.81. The van der Waals surface area contributed by atoms with Gasteiger partial charge in [-0.15, -0.1) is 11.3 Å². The number of carboxylic acid groups (broad SMARTS) is 1. The van der Waals surface area contributed by atoms with E-state index in [9.17, 15) is 9.59 Å². The third-order valence-corrected chi connectivity index (χ3v) is 5.47. The summed E-state index contributed by atoms with van der Waals surface area (Å²) < 4.78 is 2.70. The van der Waals surface area contributed by atoms with Crippen LogP contribution in [-0.4, -0.2) is 21.4 Å². The molecule has 0 aliphatic heterocycles. The van der Waals surface area contributed by atoms with Gasteiger partial charge in [0.05, 0.1) is 15.9 Å². The lowest BCUT2D eigenvalue weighted by molar-refractivity contribution is -0.136. The zero-order valence-corrected chi connectivity index (χ0v) is 15.2. The Morgan fingerprint density at radius 1 is 1.08 bits per heavy atom. The van der Waals surface area contributed by atoms with Gasteiger partial charge in [0.25, 0.3) is 0 Å². The van der Waals surface area contributed by atoms with Crippen molar-refractivity contribution in [2.45, 2.75) is 6.42 Å². The third-order valence-electron chi connectivity index (χ3n) is 3.80. The van der Waals surface area contributed by atoms with Crippen LogP contribution in [0.5, 0.6) is 0 Å². The van der Waals surface area contributed by atoms with Crippen molar-refractivity contribution in [1.82, 2.24) is 4.57 Å². The minimum absolute atomic E-state index is 0.101. The number of carboxylic acids is 1. The molecular formula is C18H14BrNO3S. The van der Waals surface area contributed by atoms with Crippen LogP contribution in [0.2, 0.25) is 0 Å². The summed E-state index contributed by atoms with van der Waals surface area (Å²) in [6.45, 7) is 0. The Morgan fingerprint density at radius 2 is 1.79 bits per heavy atom. The van der Waals surface area contributed by atoms with Gasteiger partial charge in [-0.3, -0.25) is 9.59 Å². The van der Waals surface area contributed by atoms with E-state index in [1.54, 1.807) is 47.2 Å². The molecule has 3 aromatic rings. The number of halogens is 1. The molecule has 0 bridgehead atoms. The molecule has 0 amide bonds. The number of rotatable bonds is 5. The Balaban J connectivity index is 1.85. The maximum atomic E-state index is 12.6. The molecule has 24 heavy (non-hydrogen) atoms. The Bertz CT molecular complexity index is 909. The predicted molar refractivity (Wildman–Crippen MR) is 97.6 cm³/mol. The molecule has 4 nitrogen and oxygen atoms in total. The van der Waals surface area contributed by atoms with Crippen molar-refractivity contribution >= 4 is 39.0 Å². The summed E-state index contributed by atoms with van der Waals surface area (Å²) in [5, 5.41) is 8.90. The van der Waals surface area contributed by atoms with E-state index in [1.165, 1.54) is 0 Å². The topological polar surface area (TPSA) is 59.3 Å². The van der Waals surface area contributed by atoms with Gasteiger partial charge in [0.15, 0.2) is 0 Å². The highest BCUT2D eigenvalue weighted by Crippen LogP contribution is 2.31. The van der Waals surface area contributed by atoms with Crippen molar-refractivity contribution < 1.29 is 14.7 Å². The normalized spacial score (nSPS) is 10.8. The zero-order valence-electron chi connectivity index (χ0n) is 12.8. The zero-order chi connectivity index (χ0) is 17.3. The molecule has 2 aromatic heterocycles. The van der Waals surface area contributed by atoms with Crippen LogP contribution in [0.1, 0.15) is 21.7 Å². The van der Waals surface area contributed by atoms with Crippen molar-refractivity contribution in [3.63, 3.8) is 0 Å². The molecule has 122 valence electrons. The summed E-state index contributed by atoms with van der Waals surface area (Å²) in [5.74, 6) is -1.03. The Hall–Kier alpha value is -2.18. The molecule has 6 heteroatoms. The summed E-state index contributed by atoms with van der Waals surface area (Å²) in [6.07, 6.45) is -0.101. The van der Waals surface area contributed by atoms with E-state index in [0.29, 0.717) is 17.0 Å². The number of benzene rings is 1. The van der Waals surface area contributed by atoms with E-state index in [-0.39, 0.29) is 12.2 Å². The summed E-state index contributed by atoms with van der Waals surface area (Å²) in [6, 6.07) is 14.8. The van der Waals surface area contributed by atoms with Crippen molar-refractivity contribution in [2.24, 2.45) is 7.05 Å². The third kappa shape index (κ3) is 3.34. The van der Waals surface area contributed by atoms with Gasteiger partial charge in [0.2, 0.25) is 5.78 Å². The maximum absolute atomic E-state index is 12.6. The second-order valence-electron chi connectivity index (χ2n) is 5.35. The maximum Gasteiger partial charge on any atom is 0.309 e. The number of nitrogens with zero attached hydrogens (tertiary/aromatic N) is 1. The quantitative estimate of drug-likeness (QED) is 0.643. The minimum atomic E-state index is -0.915. The van der Waals surface area contributed by atoms with Crippen LogP contribution in [0, 0.1) is 0 Å². The number of thiophene rings is 1.